The Balaban J connectivity index is 1.83. The molecule has 8 heteroatoms. The lowest BCUT2D eigenvalue weighted by molar-refractivity contribution is -0.857. The number of ether oxygens (including phenoxy) is 1. The third kappa shape index (κ3) is 4.20. The fraction of sp³-hybridized carbons (Fsp3) is 0.269. The lowest BCUT2D eigenvalue weighted by atomic mass is 9.95. The lowest BCUT2D eigenvalue weighted by Gasteiger charge is -2.27. The molecule has 3 aromatic rings. The van der Waals surface area contributed by atoms with E-state index in [4.69, 9.17) is 4.74 Å². The monoisotopic (exact) mass is 460 g/mol. The molecule has 1 aromatic heterocycles. The topological polar surface area (TPSA) is 91.9 Å². The van der Waals surface area contributed by atoms with Gasteiger partial charge in [0, 0.05) is 16.8 Å². The zero-order valence-electron chi connectivity index (χ0n) is 19.7. The molecule has 1 atom stereocenters. The summed E-state index contributed by atoms with van der Waals surface area (Å²) in [5, 5.41) is 18.1. The molecule has 0 saturated carbocycles. The molecule has 8 nitrogen and oxygen atoms in total. The maximum Gasteiger partial charge on any atom is 0.295 e. The summed E-state index contributed by atoms with van der Waals surface area (Å²) < 4.78 is 6.91. The minimum Gasteiger partial charge on any atom is -0.872 e. The van der Waals surface area contributed by atoms with Gasteiger partial charge in [0.1, 0.15) is 5.75 Å². The van der Waals surface area contributed by atoms with Gasteiger partial charge in [-0.3, -0.25) is 9.59 Å². The molecule has 2 heterocycles. The van der Waals surface area contributed by atoms with Crippen molar-refractivity contribution in [2.75, 3.05) is 34.3 Å². The number of nitrogens with zero attached hydrogens (tertiary/aromatic N) is 3. The molecule has 1 saturated heterocycles. The van der Waals surface area contributed by atoms with Crippen LogP contribution in [0, 0.1) is 6.92 Å². The quantitative estimate of drug-likeness (QED) is 0.316. The smallest absolute Gasteiger partial charge is 0.295 e. The second-order valence-electron chi connectivity index (χ2n) is 8.59. The van der Waals surface area contributed by atoms with Gasteiger partial charge in [-0.25, -0.2) is 4.68 Å². The maximum atomic E-state index is 13.7. The van der Waals surface area contributed by atoms with Crippen LogP contribution in [0.25, 0.3) is 11.4 Å². The van der Waals surface area contributed by atoms with Gasteiger partial charge in [-0.05, 0) is 36.8 Å². The number of benzene rings is 2. The molecule has 176 valence electrons. The number of rotatable bonds is 7. The number of ketones is 1. The number of quaternary nitrogens is 1. The molecule has 0 spiro atoms. The summed E-state index contributed by atoms with van der Waals surface area (Å²) in [5.41, 5.74) is 2.36. The molecule has 1 fully saturated rings. The number of nitrogens with one attached hydrogen (secondary N) is 1. The Morgan fingerprint density at radius 3 is 2.38 bits per heavy atom. The normalized spacial score (nSPS) is 17.6. The molecule has 1 unspecified atom stereocenters. The van der Waals surface area contributed by atoms with Gasteiger partial charge in [0.15, 0.2) is 0 Å². The lowest BCUT2D eigenvalue weighted by Crippen LogP contribution is -3.06. The number of amides is 1. The van der Waals surface area contributed by atoms with E-state index in [-0.39, 0.29) is 5.57 Å². The van der Waals surface area contributed by atoms with Crippen molar-refractivity contribution in [3.8, 4) is 11.4 Å². The van der Waals surface area contributed by atoms with Crippen LogP contribution in [0.5, 0.6) is 5.75 Å². The van der Waals surface area contributed by atoms with Crippen LogP contribution < -0.4 is 14.7 Å². The number of hydrogen-bond donors (Lipinski definition) is 1. The van der Waals surface area contributed by atoms with Crippen molar-refractivity contribution in [1.82, 2.24) is 14.7 Å². The van der Waals surface area contributed by atoms with Crippen molar-refractivity contribution < 1.29 is 24.3 Å². The predicted octanol–water partition coefficient (Wildman–Crippen LogP) is 0.558. The summed E-state index contributed by atoms with van der Waals surface area (Å²) in [6, 6.07) is 15.8. The fourth-order valence-corrected chi connectivity index (χ4v) is 4.18. The van der Waals surface area contributed by atoms with E-state index in [2.05, 4.69) is 5.10 Å². The summed E-state index contributed by atoms with van der Waals surface area (Å²) in [6.45, 7) is 2.77. The Labute approximate surface area is 198 Å². The van der Waals surface area contributed by atoms with Crippen molar-refractivity contribution in [1.29, 1.82) is 0 Å². The minimum absolute atomic E-state index is 0.0420. The van der Waals surface area contributed by atoms with E-state index in [0.717, 1.165) is 10.6 Å². The fourth-order valence-electron chi connectivity index (χ4n) is 4.18. The number of carbonyl (C=O) groups is 2. The number of para-hydroxylation sites is 1. The third-order valence-corrected chi connectivity index (χ3v) is 6.07. The summed E-state index contributed by atoms with van der Waals surface area (Å²) in [7, 11) is 5.52. The zero-order chi connectivity index (χ0) is 24.4. The van der Waals surface area contributed by atoms with Crippen LogP contribution >= 0.6 is 0 Å². The largest absolute Gasteiger partial charge is 0.872 e. The van der Waals surface area contributed by atoms with Gasteiger partial charge < -0.3 is 19.6 Å². The number of hydrogen-bond acceptors (Lipinski definition) is 5. The Morgan fingerprint density at radius 1 is 1.09 bits per heavy atom. The molecule has 34 heavy (non-hydrogen) atoms. The van der Waals surface area contributed by atoms with Crippen LogP contribution in [-0.4, -0.2) is 60.7 Å². The number of likely N-dealkylation sites (N-methyl/N-ethyl adjacent to an activating group) is 1. The molecule has 1 N–H and O–H groups in total. The number of carbonyl (C=O) groups excluding carboxylic acids is 2. The molecule has 0 bridgehead atoms. The second-order valence-corrected chi connectivity index (χ2v) is 8.59. The van der Waals surface area contributed by atoms with Gasteiger partial charge >= 0.3 is 0 Å². The van der Waals surface area contributed by atoms with Gasteiger partial charge in [0.05, 0.1) is 52.2 Å². The van der Waals surface area contributed by atoms with Crippen LogP contribution in [0.1, 0.15) is 22.9 Å². The Bertz CT molecular complexity index is 1230. The van der Waals surface area contributed by atoms with Crippen LogP contribution in [0.4, 0.5) is 0 Å². The van der Waals surface area contributed by atoms with E-state index in [1.807, 2.05) is 44.4 Å². The van der Waals surface area contributed by atoms with Crippen molar-refractivity contribution in [2.24, 2.45) is 0 Å². The molecular formula is C26H28N4O4. The SMILES string of the molecule is COc1ccc(C2/C(=C(\[O-])c3cnn(-c4ccccc4)c3C)C(=O)C(=O)N2CC[NH+](C)C)cc1. The maximum absolute atomic E-state index is 13.7. The highest BCUT2D eigenvalue weighted by Gasteiger charge is 2.44. The van der Waals surface area contributed by atoms with Gasteiger partial charge in [-0.2, -0.15) is 5.10 Å². The third-order valence-electron chi connectivity index (χ3n) is 6.07. The molecule has 0 radical (unpaired) electrons. The Kier molecular flexibility index (Phi) is 6.51. The van der Waals surface area contributed by atoms with E-state index < -0.39 is 23.5 Å². The van der Waals surface area contributed by atoms with E-state index in [0.29, 0.717) is 35.7 Å². The summed E-state index contributed by atoms with van der Waals surface area (Å²) in [4.78, 5) is 28.8. The summed E-state index contributed by atoms with van der Waals surface area (Å²) in [5.74, 6) is -1.24. The van der Waals surface area contributed by atoms with Crippen LogP contribution in [0.2, 0.25) is 0 Å². The van der Waals surface area contributed by atoms with Crippen LogP contribution in [0.15, 0.2) is 66.4 Å². The van der Waals surface area contributed by atoms with Gasteiger partial charge in [-0.15, -0.1) is 0 Å². The first-order valence-corrected chi connectivity index (χ1v) is 11.1. The van der Waals surface area contributed by atoms with Gasteiger partial charge in [0.25, 0.3) is 5.91 Å². The molecule has 0 aliphatic carbocycles. The van der Waals surface area contributed by atoms with E-state index >= 15 is 0 Å². The average Bonchev–Trinajstić information content (AvgIpc) is 3.35. The zero-order valence-corrected chi connectivity index (χ0v) is 19.7. The van der Waals surface area contributed by atoms with E-state index in [1.165, 1.54) is 11.1 Å². The summed E-state index contributed by atoms with van der Waals surface area (Å²) >= 11 is 0. The first-order valence-electron chi connectivity index (χ1n) is 11.1. The highest BCUT2D eigenvalue weighted by Crippen LogP contribution is 2.39. The Hall–Kier alpha value is -3.91. The Morgan fingerprint density at radius 2 is 1.76 bits per heavy atom. The molecular weight excluding hydrogens is 432 g/mol. The highest BCUT2D eigenvalue weighted by molar-refractivity contribution is 6.46. The van der Waals surface area contributed by atoms with Crippen LogP contribution in [0.3, 0.4) is 0 Å². The standard InChI is InChI=1S/C26H28N4O4/c1-17-21(16-27-30(17)19-8-6-5-7-9-19)24(31)22-23(18-10-12-20(34-4)13-11-18)29(15-14-28(2)3)26(33)25(22)32/h5-13,16,23,31H,14-15H2,1-4H3/b24-22+. The van der Waals surface area contributed by atoms with E-state index in [9.17, 15) is 14.7 Å². The highest BCUT2D eigenvalue weighted by atomic mass is 16.5. The predicted molar refractivity (Wildman–Crippen MR) is 125 cm³/mol. The van der Waals surface area contributed by atoms with Crippen LogP contribution in [-0.2, 0) is 9.59 Å². The molecule has 1 aliphatic heterocycles. The average molecular weight is 461 g/mol. The van der Waals surface area contributed by atoms with Crippen molar-refractivity contribution in [3.63, 3.8) is 0 Å². The van der Waals surface area contributed by atoms with Crippen molar-refractivity contribution >= 4 is 17.4 Å². The molecule has 2 aromatic carbocycles. The second kappa shape index (κ2) is 9.52. The molecule has 1 aliphatic rings. The number of methoxy groups -OCH3 is 1. The van der Waals surface area contributed by atoms with E-state index in [1.54, 1.807) is 43.0 Å². The van der Waals surface area contributed by atoms with Gasteiger partial charge in [-0.1, -0.05) is 36.1 Å². The van der Waals surface area contributed by atoms with Crippen molar-refractivity contribution in [3.05, 3.63) is 83.2 Å². The number of aromatic nitrogens is 2. The first-order chi connectivity index (χ1) is 16.3. The van der Waals surface area contributed by atoms with Gasteiger partial charge in [0.2, 0.25) is 5.78 Å². The number of Topliss-reactive ketones (excluding diaryl/α,β-unsaturated/α-hetero) is 1. The minimum atomic E-state index is -0.766. The summed E-state index contributed by atoms with van der Waals surface area (Å²) in [6.07, 6.45) is 1.47. The first kappa shape index (κ1) is 23.3. The molecule has 4 rings (SSSR count). The number of likely N-dealkylation sites (tertiary alicyclic amines) is 1. The molecule has 1 amide bonds. The van der Waals surface area contributed by atoms with Crippen molar-refractivity contribution in [2.45, 2.75) is 13.0 Å².